The van der Waals surface area contributed by atoms with Gasteiger partial charge in [0.15, 0.2) is 5.78 Å². The van der Waals surface area contributed by atoms with Crippen LogP contribution in [0.5, 0.6) is 11.5 Å². The van der Waals surface area contributed by atoms with E-state index in [0.717, 1.165) is 67.2 Å². The number of carbonyl (C=O) groups excluding carboxylic acids is 2. The molecule has 228 valence electrons. The predicted molar refractivity (Wildman–Crippen MR) is 171 cm³/mol. The van der Waals surface area contributed by atoms with Crippen LogP contribution in [0.3, 0.4) is 0 Å². The van der Waals surface area contributed by atoms with Crippen LogP contribution < -0.4 is 10.1 Å². The lowest BCUT2D eigenvalue weighted by atomic mass is 9.83. The second-order valence-corrected chi connectivity index (χ2v) is 11.3. The highest BCUT2D eigenvalue weighted by molar-refractivity contribution is 6.02. The standard InChI is InChI=1S/C36H39N3O5/c40-34(37-30-15-17-32(18-16-30)44-31-10-5-2-6-11-31)26-39-21-7-20-38(22-23-39)25-29-14-13-28(24-35(41)42)36(43)33(29)19-12-27-8-3-1-4-9-27/h1-6,8-11,13-18,28H,7,12,19-26H2,(H,37,40)(H,41,42). The molecule has 0 spiro atoms. The molecule has 8 heteroatoms. The molecule has 3 aromatic rings. The number of rotatable bonds is 12. The van der Waals surface area contributed by atoms with E-state index in [-0.39, 0.29) is 18.1 Å². The maximum absolute atomic E-state index is 13.4. The molecule has 5 rings (SSSR count). The zero-order valence-electron chi connectivity index (χ0n) is 24.9. The smallest absolute Gasteiger partial charge is 0.304 e. The Morgan fingerprint density at radius 3 is 2.20 bits per heavy atom. The Kier molecular flexibility index (Phi) is 10.7. The highest BCUT2D eigenvalue weighted by Gasteiger charge is 2.28. The first-order valence-electron chi connectivity index (χ1n) is 15.2. The molecule has 1 amide bonds. The number of hydrogen-bond acceptors (Lipinski definition) is 6. The summed E-state index contributed by atoms with van der Waals surface area (Å²) in [5.74, 6) is -0.267. The summed E-state index contributed by atoms with van der Waals surface area (Å²) in [5.41, 5.74) is 3.58. The van der Waals surface area contributed by atoms with Crippen molar-refractivity contribution in [3.63, 3.8) is 0 Å². The molecular weight excluding hydrogens is 554 g/mol. The molecule has 2 aliphatic rings. The van der Waals surface area contributed by atoms with E-state index >= 15 is 0 Å². The summed E-state index contributed by atoms with van der Waals surface area (Å²) in [6, 6.07) is 26.9. The first-order valence-corrected chi connectivity index (χ1v) is 15.2. The number of ketones is 1. The maximum atomic E-state index is 13.4. The molecule has 1 atom stereocenters. The molecule has 0 radical (unpaired) electrons. The number of carboxylic acid groups (broad SMARTS) is 1. The highest BCUT2D eigenvalue weighted by atomic mass is 16.5. The summed E-state index contributed by atoms with van der Waals surface area (Å²) in [6.45, 7) is 4.11. The van der Waals surface area contributed by atoms with Gasteiger partial charge in [-0.2, -0.15) is 0 Å². The van der Waals surface area contributed by atoms with Crippen molar-refractivity contribution in [3.8, 4) is 11.5 Å². The number of nitrogens with one attached hydrogen (secondary N) is 1. The fourth-order valence-electron chi connectivity index (χ4n) is 5.71. The van der Waals surface area contributed by atoms with E-state index in [1.165, 1.54) is 0 Å². The van der Waals surface area contributed by atoms with Gasteiger partial charge in [-0.15, -0.1) is 0 Å². The van der Waals surface area contributed by atoms with Gasteiger partial charge in [-0.1, -0.05) is 60.7 Å². The quantitative estimate of drug-likeness (QED) is 0.283. The van der Waals surface area contributed by atoms with Crippen LogP contribution in [-0.4, -0.2) is 71.8 Å². The fourth-order valence-corrected chi connectivity index (χ4v) is 5.71. The summed E-state index contributed by atoms with van der Waals surface area (Å²) in [7, 11) is 0. The Morgan fingerprint density at radius 2 is 1.48 bits per heavy atom. The van der Waals surface area contributed by atoms with Crippen molar-refractivity contribution in [1.82, 2.24) is 9.80 Å². The summed E-state index contributed by atoms with van der Waals surface area (Å²) in [6.07, 6.45) is 5.74. The van der Waals surface area contributed by atoms with E-state index < -0.39 is 11.9 Å². The van der Waals surface area contributed by atoms with Gasteiger partial charge in [0.25, 0.3) is 0 Å². The Balaban J connectivity index is 1.14. The van der Waals surface area contributed by atoms with Gasteiger partial charge >= 0.3 is 5.97 Å². The number of amides is 1. The molecule has 0 saturated carbocycles. The zero-order chi connectivity index (χ0) is 30.7. The van der Waals surface area contributed by atoms with Crippen molar-refractivity contribution in [2.75, 3.05) is 44.6 Å². The summed E-state index contributed by atoms with van der Waals surface area (Å²) in [4.78, 5) is 42.1. The van der Waals surface area contributed by atoms with Crippen LogP contribution in [0.2, 0.25) is 0 Å². The average Bonchev–Trinajstić information content (AvgIpc) is 3.24. The molecule has 1 heterocycles. The van der Waals surface area contributed by atoms with Crippen LogP contribution in [0, 0.1) is 5.92 Å². The lowest BCUT2D eigenvalue weighted by Crippen LogP contribution is -2.37. The molecule has 8 nitrogen and oxygen atoms in total. The summed E-state index contributed by atoms with van der Waals surface area (Å²) >= 11 is 0. The second-order valence-electron chi connectivity index (χ2n) is 11.3. The van der Waals surface area contributed by atoms with Gasteiger partial charge in [0.2, 0.25) is 5.91 Å². The molecule has 1 unspecified atom stereocenters. The lowest BCUT2D eigenvalue weighted by molar-refractivity contribution is -0.139. The summed E-state index contributed by atoms with van der Waals surface area (Å²) < 4.78 is 5.83. The van der Waals surface area contributed by atoms with Crippen LogP contribution in [-0.2, 0) is 20.8 Å². The van der Waals surface area contributed by atoms with Crippen molar-refractivity contribution in [2.24, 2.45) is 5.92 Å². The molecule has 1 aliphatic carbocycles. The van der Waals surface area contributed by atoms with E-state index in [4.69, 9.17) is 4.74 Å². The topological polar surface area (TPSA) is 99.2 Å². The Bertz CT molecular complexity index is 1490. The number of para-hydroxylation sites is 1. The van der Waals surface area contributed by atoms with Gasteiger partial charge in [0.05, 0.1) is 18.9 Å². The summed E-state index contributed by atoms with van der Waals surface area (Å²) in [5, 5.41) is 12.3. The van der Waals surface area contributed by atoms with Crippen molar-refractivity contribution in [1.29, 1.82) is 0 Å². The van der Waals surface area contributed by atoms with Gasteiger partial charge < -0.3 is 15.2 Å². The molecule has 0 aromatic heterocycles. The normalized spacial score (nSPS) is 17.7. The SMILES string of the molecule is O=C(O)CC1C=CC(CN2CCCN(CC(=O)Nc3ccc(Oc4ccccc4)cc3)CC2)=C(CCc2ccccc2)C1=O. The van der Waals surface area contributed by atoms with Crippen molar-refractivity contribution >= 4 is 23.3 Å². The second kappa shape index (κ2) is 15.3. The number of nitrogens with zero attached hydrogens (tertiary/aromatic N) is 2. The lowest BCUT2D eigenvalue weighted by Gasteiger charge is -2.26. The van der Waals surface area contributed by atoms with Crippen molar-refractivity contribution in [3.05, 3.63) is 114 Å². The minimum absolute atomic E-state index is 0.0635. The molecule has 1 aliphatic heterocycles. The number of allylic oxidation sites excluding steroid dienone is 2. The van der Waals surface area contributed by atoms with E-state index in [1.54, 1.807) is 6.08 Å². The van der Waals surface area contributed by atoms with Crippen molar-refractivity contribution in [2.45, 2.75) is 25.7 Å². The first kappa shape index (κ1) is 30.9. The highest BCUT2D eigenvalue weighted by Crippen LogP contribution is 2.28. The monoisotopic (exact) mass is 593 g/mol. The fraction of sp³-hybridized carbons (Fsp3) is 0.306. The number of ether oxygens (including phenoxy) is 1. The number of aryl methyl sites for hydroxylation is 1. The van der Waals surface area contributed by atoms with Gasteiger partial charge in [0.1, 0.15) is 11.5 Å². The first-order chi connectivity index (χ1) is 21.4. The Hall–Kier alpha value is -4.53. The zero-order valence-corrected chi connectivity index (χ0v) is 24.9. The van der Waals surface area contributed by atoms with Crippen LogP contribution >= 0.6 is 0 Å². The molecular formula is C36H39N3O5. The van der Waals surface area contributed by atoms with Crippen LogP contribution in [0.1, 0.15) is 24.8 Å². The maximum Gasteiger partial charge on any atom is 0.304 e. The van der Waals surface area contributed by atoms with E-state index in [0.29, 0.717) is 25.3 Å². The van der Waals surface area contributed by atoms with Gasteiger partial charge in [-0.25, -0.2) is 0 Å². The number of carbonyl (C=O) groups is 3. The van der Waals surface area contributed by atoms with Gasteiger partial charge in [-0.05, 0) is 79.9 Å². The molecule has 0 bridgehead atoms. The third-order valence-corrected chi connectivity index (χ3v) is 8.01. The molecule has 1 saturated heterocycles. The predicted octanol–water partition coefficient (Wildman–Crippen LogP) is 5.58. The van der Waals surface area contributed by atoms with Crippen LogP contribution in [0.4, 0.5) is 5.69 Å². The Morgan fingerprint density at radius 1 is 0.818 bits per heavy atom. The van der Waals surface area contributed by atoms with Crippen LogP contribution in [0.25, 0.3) is 0 Å². The van der Waals surface area contributed by atoms with E-state index in [9.17, 15) is 19.5 Å². The van der Waals surface area contributed by atoms with Gasteiger partial charge in [0, 0.05) is 30.9 Å². The largest absolute Gasteiger partial charge is 0.481 e. The molecule has 44 heavy (non-hydrogen) atoms. The van der Waals surface area contributed by atoms with Gasteiger partial charge in [-0.3, -0.25) is 24.2 Å². The average molecular weight is 594 g/mol. The molecule has 1 fully saturated rings. The molecule has 3 aromatic carbocycles. The number of Topliss-reactive ketones (excluding diaryl/α,β-unsaturated/α-hetero) is 1. The van der Waals surface area contributed by atoms with Crippen LogP contribution in [0.15, 0.2) is 108 Å². The third kappa shape index (κ3) is 8.99. The number of benzene rings is 3. The van der Waals surface area contributed by atoms with Crippen molar-refractivity contribution < 1.29 is 24.2 Å². The van der Waals surface area contributed by atoms with E-state index in [1.807, 2.05) is 91.0 Å². The third-order valence-electron chi connectivity index (χ3n) is 8.01. The molecule has 2 N–H and O–H groups in total. The number of carboxylic acids is 1. The Labute approximate surface area is 258 Å². The number of hydrogen-bond donors (Lipinski definition) is 2. The minimum atomic E-state index is -0.968. The number of aliphatic carboxylic acids is 1. The number of anilines is 1. The van der Waals surface area contributed by atoms with E-state index in [2.05, 4.69) is 15.1 Å². The minimum Gasteiger partial charge on any atom is -0.481 e.